The number of benzene rings is 3. The van der Waals surface area contributed by atoms with Crippen molar-refractivity contribution in [2.24, 2.45) is 0 Å². The van der Waals surface area contributed by atoms with Crippen LogP contribution in [0.15, 0.2) is 78.9 Å². The van der Waals surface area contributed by atoms with E-state index in [1.54, 1.807) is 0 Å². The van der Waals surface area contributed by atoms with Crippen LogP contribution in [0.2, 0.25) is 0 Å². The fourth-order valence-electron chi connectivity index (χ4n) is 4.19. The first kappa shape index (κ1) is 24.2. The van der Waals surface area contributed by atoms with Crippen molar-refractivity contribution in [2.75, 3.05) is 13.7 Å². The number of amides is 1. The number of nitrogens with one attached hydrogen (secondary N) is 1. The van der Waals surface area contributed by atoms with Crippen LogP contribution in [0.4, 0.5) is 0 Å². The van der Waals surface area contributed by atoms with Crippen molar-refractivity contribution in [3.8, 4) is 11.1 Å². The molecular weight excluding hydrogens is 438 g/mol. The molecule has 4 rings (SSSR count). The molecule has 0 unspecified atom stereocenters. The van der Waals surface area contributed by atoms with E-state index in [1.165, 1.54) is 12.7 Å². The Kier molecular flexibility index (Phi) is 8.28. The molecule has 0 bridgehead atoms. The van der Waals surface area contributed by atoms with Gasteiger partial charge in [-0.15, -0.1) is 0 Å². The molecule has 1 aromatic heterocycles. The molecule has 0 spiro atoms. The minimum absolute atomic E-state index is 0.0392. The number of methoxy groups -OCH3 is 1. The van der Waals surface area contributed by atoms with E-state index in [2.05, 4.69) is 29.6 Å². The van der Waals surface area contributed by atoms with Gasteiger partial charge < -0.3 is 14.6 Å². The van der Waals surface area contributed by atoms with Gasteiger partial charge in [0.25, 0.3) is 0 Å². The van der Waals surface area contributed by atoms with Gasteiger partial charge >= 0.3 is 5.97 Å². The zero-order valence-electron chi connectivity index (χ0n) is 20.1. The van der Waals surface area contributed by atoms with Gasteiger partial charge in [0.1, 0.15) is 12.4 Å². The van der Waals surface area contributed by atoms with Crippen LogP contribution < -0.4 is 5.32 Å². The summed E-state index contributed by atoms with van der Waals surface area (Å²) >= 11 is 0. The molecule has 3 aromatic carbocycles. The molecule has 0 aliphatic heterocycles. The Balaban J connectivity index is 1.20. The van der Waals surface area contributed by atoms with Crippen molar-refractivity contribution >= 4 is 22.9 Å². The SMILES string of the molecule is COC(=O)Cn1c(CCCCCNC(=O)Cc2ccc(-c3ccccc3)cc2)nc2ccccc21. The van der Waals surface area contributed by atoms with Crippen LogP contribution in [0, 0.1) is 0 Å². The van der Waals surface area contributed by atoms with Crippen LogP contribution in [-0.4, -0.2) is 35.1 Å². The summed E-state index contributed by atoms with van der Waals surface area (Å²) in [6, 6.07) is 26.2. The van der Waals surface area contributed by atoms with E-state index in [-0.39, 0.29) is 18.4 Å². The zero-order valence-corrected chi connectivity index (χ0v) is 20.1. The van der Waals surface area contributed by atoms with E-state index >= 15 is 0 Å². The van der Waals surface area contributed by atoms with Crippen molar-refractivity contribution in [3.05, 3.63) is 90.3 Å². The van der Waals surface area contributed by atoms with Crippen LogP contribution in [-0.2, 0) is 33.7 Å². The van der Waals surface area contributed by atoms with Gasteiger partial charge in [0.2, 0.25) is 5.91 Å². The van der Waals surface area contributed by atoms with Gasteiger partial charge in [0.15, 0.2) is 0 Å². The van der Waals surface area contributed by atoms with Crippen LogP contribution in [0.1, 0.15) is 30.7 Å². The quantitative estimate of drug-likeness (QED) is 0.249. The van der Waals surface area contributed by atoms with E-state index in [1.807, 2.05) is 59.2 Å². The van der Waals surface area contributed by atoms with Crippen molar-refractivity contribution < 1.29 is 14.3 Å². The molecule has 35 heavy (non-hydrogen) atoms. The highest BCUT2D eigenvalue weighted by Crippen LogP contribution is 2.20. The number of hydrogen-bond donors (Lipinski definition) is 1. The van der Waals surface area contributed by atoms with Gasteiger partial charge in [-0.2, -0.15) is 0 Å². The summed E-state index contributed by atoms with van der Waals surface area (Å²) < 4.78 is 6.78. The van der Waals surface area contributed by atoms with E-state index in [0.717, 1.165) is 53.7 Å². The number of fused-ring (bicyclic) bond motifs is 1. The number of rotatable bonds is 11. The molecule has 0 saturated heterocycles. The number of aryl methyl sites for hydroxylation is 1. The largest absolute Gasteiger partial charge is 0.468 e. The zero-order chi connectivity index (χ0) is 24.5. The maximum absolute atomic E-state index is 12.3. The van der Waals surface area contributed by atoms with Crippen LogP contribution in [0.3, 0.4) is 0 Å². The lowest BCUT2D eigenvalue weighted by Crippen LogP contribution is -2.26. The smallest absolute Gasteiger partial charge is 0.325 e. The van der Waals surface area contributed by atoms with Gasteiger partial charge in [-0.25, -0.2) is 4.98 Å². The van der Waals surface area contributed by atoms with Gasteiger partial charge in [-0.05, 0) is 41.7 Å². The molecule has 0 radical (unpaired) electrons. The van der Waals surface area contributed by atoms with E-state index in [0.29, 0.717) is 13.0 Å². The lowest BCUT2D eigenvalue weighted by atomic mass is 10.0. The topological polar surface area (TPSA) is 73.2 Å². The predicted octanol–water partition coefficient (Wildman–Crippen LogP) is 4.95. The van der Waals surface area contributed by atoms with E-state index in [9.17, 15) is 9.59 Å². The summed E-state index contributed by atoms with van der Waals surface area (Å²) in [6.45, 7) is 0.814. The Morgan fingerprint density at radius 2 is 1.57 bits per heavy atom. The third kappa shape index (κ3) is 6.57. The average Bonchev–Trinajstić information content (AvgIpc) is 3.24. The molecule has 4 aromatic rings. The second kappa shape index (κ2) is 12.0. The number of ether oxygens (including phenoxy) is 1. The minimum Gasteiger partial charge on any atom is -0.468 e. The first-order valence-corrected chi connectivity index (χ1v) is 12.1. The van der Waals surface area contributed by atoms with Crippen LogP contribution >= 0.6 is 0 Å². The Morgan fingerprint density at radius 3 is 2.34 bits per heavy atom. The first-order chi connectivity index (χ1) is 17.1. The van der Waals surface area contributed by atoms with Crippen molar-refractivity contribution in [2.45, 2.75) is 38.6 Å². The summed E-state index contributed by atoms with van der Waals surface area (Å²) in [5.74, 6) is 0.642. The number of unbranched alkanes of at least 4 members (excludes halogenated alkanes) is 2. The van der Waals surface area contributed by atoms with Crippen molar-refractivity contribution in [1.82, 2.24) is 14.9 Å². The predicted molar refractivity (Wildman–Crippen MR) is 138 cm³/mol. The van der Waals surface area contributed by atoms with Crippen LogP contribution in [0.25, 0.3) is 22.2 Å². The highest BCUT2D eigenvalue weighted by atomic mass is 16.5. The molecule has 1 N–H and O–H groups in total. The van der Waals surface area contributed by atoms with Gasteiger partial charge in [-0.1, -0.05) is 73.2 Å². The second-order valence-electron chi connectivity index (χ2n) is 8.58. The number of nitrogens with zero attached hydrogens (tertiary/aromatic N) is 2. The summed E-state index contributed by atoms with van der Waals surface area (Å²) in [5, 5.41) is 3.02. The normalized spacial score (nSPS) is 10.9. The molecule has 180 valence electrons. The lowest BCUT2D eigenvalue weighted by molar-refractivity contribution is -0.141. The van der Waals surface area contributed by atoms with Crippen molar-refractivity contribution in [3.63, 3.8) is 0 Å². The molecule has 6 nitrogen and oxygen atoms in total. The molecule has 1 heterocycles. The van der Waals surface area contributed by atoms with Gasteiger partial charge in [-0.3, -0.25) is 9.59 Å². The Labute approximate surface area is 206 Å². The number of carbonyl (C=O) groups is 2. The Hall–Kier alpha value is -3.93. The lowest BCUT2D eigenvalue weighted by Gasteiger charge is -2.08. The third-order valence-electron chi connectivity index (χ3n) is 6.07. The molecule has 0 atom stereocenters. The van der Waals surface area contributed by atoms with Gasteiger partial charge in [0.05, 0.1) is 24.6 Å². The van der Waals surface area contributed by atoms with Gasteiger partial charge in [0, 0.05) is 13.0 Å². The van der Waals surface area contributed by atoms with E-state index < -0.39 is 0 Å². The third-order valence-corrected chi connectivity index (χ3v) is 6.07. The number of hydrogen-bond acceptors (Lipinski definition) is 4. The second-order valence-corrected chi connectivity index (χ2v) is 8.58. The summed E-state index contributed by atoms with van der Waals surface area (Å²) in [4.78, 5) is 28.9. The highest BCUT2D eigenvalue weighted by molar-refractivity contribution is 5.79. The molecular formula is C29H31N3O3. The molecule has 0 aliphatic rings. The molecule has 0 fully saturated rings. The number of esters is 1. The summed E-state index contributed by atoms with van der Waals surface area (Å²) in [5.41, 5.74) is 5.15. The average molecular weight is 470 g/mol. The maximum atomic E-state index is 12.3. The number of carbonyl (C=O) groups excluding carboxylic acids is 2. The summed E-state index contributed by atoms with van der Waals surface area (Å²) in [6.07, 6.45) is 3.95. The molecule has 0 aliphatic carbocycles. The highest BCUT2D eigenvalue weighted by Gasteiger charge is 2.13. The number of imidazole rings is 1. The van der Waals surface area contributed by atoms with Crippen LogP contribution in [0.5, 0.6) is 0 Å². The fourth-order valence-corrected chi connectivity index (χ4v) is 4.19. The Morgan fingerprint density at radius 1 is 0.857 bits per heavy atom. The van der Waals surface area contributed by atoms with Crippen molar-refractivity contribution in [1.29, 1.82) is 0 Å². The van der Waals surface area contributed by atoms with E-state index in [4.69, 9.17) is 9.72 Å². The molecule has 6 heteroatoms. The first-order valence-electron chi connectivity index (χ1n) is 12.1. The minimum atomic E-state index is -0.285. The maximum Gasteiger partial charge on any atom is 0.325 e. The standard InChI is InChI=1S/C29H31N3O3/c1-35-29(34)21-32-26-13-8-7-12-25(26)31-27(32)14-6-3-9-19-30-28(33)20-22-15-17-24(18-16-22)23-10-4-2-5-11-23/h2,4-5,7-8,10-13,15-18H,3,6,9,14,19-21H2,1H3,(H,30,33). The number of para-hydroxylation sites is 2. The monoisotopic (exact) mass is 469 g/mol. The number of aromatic nitrogens is 2. The fraction of sp³-hybridized carbons (Fsp3) is 0.276. The molecule has 1 amide bonds. The Bertz CT molecular complexity index is 1260. The summed E-state index contributed by atoms with van der Waals surface area (Å²) in [7, 11) is 1.40. The molecule has 0 saturated carbocycles.